The third-order valence-electron chi connectivity index (χ3n) is 13.7. The minimum absolute atomic E-state index is 0.299. The van der Waals surface area contributed by atoms with Gasteiger partial charge in [-0.3, -0.25) is 14.6 Å². The molecular formula is C62H78N4O3. The summed E-state index contributed by atoms with van der Waals surface area (Å²) in [5, 5.41) is 3.72. The van der Waals surface area contributed by atoms with Crippen molar-refractivity contribution in [3.8, 4) is 23.0 Å². The smallest absolute Gasteiger partial charge is 0.223 e. The first-order valence-corrected chi connectivity index (χ1v) is 26.3. The van der Waals surface area contributed by atoms with Gasteiger partial charge in [0, 0.05) is 57.8 Å². The zero-order valence-corrected chi connectivity index (χ0v) is 41.4. The molecule has 0 saturated carbocycles. The summed E-state index contributed by atoms with van der Waals surface area (Å²) in [5.41, 5.74) is 5.23. The van der Waals surface area contributed by atoms with E-state index in [0.717, 1.165) is 100 Å². The lowest BCUT2D eigenvalue weighted by Crippen LogP contribution is -2.46. The highest BCUT2D eigenvalue weighted by molar-refractivity contribution is 5.76. The van der Waals surface area contributed by atoms with E-state index in [9.17, 15) is 4.79 Å². The maximum Gasteiger partial charge on any atom is 0.223 e. The summed E-state index contributed by atoms with van der Waals surface area (Å²) in [7, 11) is 0. The Morgan fingerprint density at radius 3 is 1.36 bits per heavy atom. The Bertz CT molecular complexity index is 2260. The van der Waals surface area contributed by atoms with Crippen LogP contribution in [-0.2, 0) is 31.0 Å². The van der Waals surface area contributed by atoms with Gasteiger partial charge in [-0.25, -0.2) is 0 Å². The third kappa shape index (κ3) is 18.6. The highest BCUT2D eigenvalue weighted by Gasteiger charge is 2.28. The summed E-state index contributed by atoms with van der Waals surface area (Å²) in [4.78, 5) is 20.9. The molecule has 8 rings (SSSR count). The Labute approximate surface area is 414 Å². The molecule has 2 aliphatic rings. The number of carbonyl (C=O) groups excluding carboxylic acids is 1. The molecule has 6 aromatic carbocycles. The number of amides is 1. The van der Waals surface area contributed by atoms with Crippen molar-refractivity contribution >= 4 is 5.91 Å². The van der Waals surface area contributed by atoms with Crippen LogP contribution in [0.15, 0.2) is 170 Å². The van der Waals surface area contributed by atoms with Crippen molar-refractivity contribution in [2.75, 3.05) is 26.2 Å². The molecule has 0 aromatic heterocycles. The van der Waals surface area contributed by atoms with Gasteiger partial charge in [0.25, 0.3) is 0 Å². The van der Waals surface area contributed by atoms with Crippen LogP contribution < -0.4 is 14.8 Å². The molecule has 0 spiro atoms. The molecule has 7 nitrogen and oxygen atoms in total. The van der Waals surface area contributed by atoms with E-state index in [4.69, 9.17) is 9.47 Å². The molecule has 364 valence electrons. The monoisotopic (exact) mass is 927 g/mol. The number of nitrogens with zero attached hydrogens (tertiary/aromatic N) is 3. The van der Waals surface area contributed by atoms with Gasteiger partial charge in [0.15, 0.2) is 0 Å². The first-order chi connectivity index (χ1) is 34.1. The minimum Gasteiger partial charge on any atom is -0.457 e. The number of piperidine rings is 2. The lowest BCUT2D eigenvalue weighted by atomic mass is 10.00. The molecule has 2 aliphatic heterocycles. The summed E-state index contributed by atoms with van der Waals surface area (Å²) < 4.78 is 11.9. The number of ether oxygens (including phenoxy) is 2. The molecule has 1 amide bonds. The van der Waals surface area contributed by atoms with E-state index in [1.165, 1.54) is 74.5 Å². The molecule has 2 fully saturated rings. The van der Waals surface area contributed by atoms with Crippen molar-refractivity contribution in [2.45, 2.75) is 135 Å². The van der Waals surface area contributed by atoms with Crippen LogP contribution >= 0.6 is 0 Å². The van der Waals surface area contributed by atoms with Gasteiger partial charge < -0.3 is 19.7 Å². The number of likely N-dealkylation sites (tertiary alicyclic amines) is 2. The summed E-state index contributed by atoms with van der Waals surface area (Å²) in [5.74, 6) is 3.72. The highest BCUT2D eigenvalue weighted by atomic mass is 16.5. The van der Waals surface area contributed by atoms with Crippen molar-refractivity contribution in [1.29, 1.82) is 0 Å². The van der Waals surface area contributed by atoms with E-state index in [0.29, 0.717) is 31.0 Å². The Hall–Kier alpha value is -5.73. The molecule has 0 atom stereocenters. The topological polar surface area (TPSA) is 57.3 Å². The Morgan fingerprint density at radius 1 is 0.478 bits per heavy atom. The zero-order chi connectivity index (χ0) is 47.6. The van der Waals surface area contributed by atoms with Crippen LogP contribution in [0.4, 0.5) is 0 Å². The van der Waals surface area contributed by atoms with Crippen molar-refractivity contribution in [2.24, 2.45) is 0 Å². The fourth-order valence-corrected chi connectivity index (χ4v) is 9.57. The maximum atomic E-state index is 13.6. The third-order valence-corrected chi connectivity index (χ3v) is 13.7. The molecule has 0 aliphatic carbocycles. The number of nitrogens with one attached hydrogen (secondary N) is 1. The standard InChI is InChI=1S/C37H50N2O2.C25H28N2O/c1-2-3-4-5-6-7-8-9-16-21-37(40)39(34-26-28-38(29-27-34)30-32-17-12-10-13-18-32)31-33-22-24-36(25-23-33)41-35-19-14-11-15-20-35;1-3-7-22(8-4-1)20-27-17-15-23(16-18-27)26-19-21-11-13-25(14-12-21)28-24-9-5-2-6-10-24/h10-15,17-20,22-25,34H,2-9,16,21,26-31H2,1H3;1-14,23,26H,15-20H2. The van der Waals surface area contributed by atoms with E-state index in [2.05, 4.69) is 112 Å². The van der Waals surface area contributed by atoms with Gasteiger partial charge in [-0.05, 0) is 116 Å². The van der Waals surface area contributed by atoms with Gasteiger partial charge in [0.2, 0.25) is 5.91 Å². The molecule has 7 heteroatoms. The second kappa shape index (κ2) is 29.3. The Morgan fingerprint density at radius 2 is 0.884 bits per heavy atom. The van der Waals surface area contributed by atoms with E-state index in [1.54, 1.807) is 0 Å². The van der Waals surface area contributed by atoms with Gasteiger partial charge in [0.1, 0.15) is 23.0 Å². The van der Waals surface area contributed by atoms with Crippen LogP contribution in [0.25, 0.3) is 0 Å². The maximum absolute atomic E-state index is 13.6. The number of hydrogen-bond donors (Lipinski definition) is 1. The van der Waals surface area contributed by atoms with Gasteiger partial charge in [0.05, 0.1) is 0 Å². The van der Waals surface area contributed by atoms with Crippen LogP contribution in [0.3, 0.4) is 0 Å². The first-order valence-electron chi connectivity index (χ1n) is 26.3. The predicted octanol–water partition coefficient (Wildman–Crippen LogP) is 14.6. The molecule has 6 aromatic rings. The van der Waals surface area contributed by atoms with Crippen LogP contribution in [0.1, 0.15) is 119 Å². The molecule has 0 bridgehead atoms. The molecular weight excluding hydrogens is 849 g/mol. The molecule has 2 saturated heterocycles. The highest BCUT2D eigenvalue weighted by Crippen LogP contribution is 2.26. The quantitative estimate of drug-likeness (QED) is 0.0611. The Balaban J connectivity index is 0.000000218. The van der Waals surface area contributed by atoms with Crippen LogP contribution in [-0.4, -0.2) is 58.9 Å². The number of para-hydroxylation sites is 2. The summed E-state index contributed by atoms with van der Waals surface area (Å²) in [6, 6.07) is 58.8. The fraction of sp³-hybridized carbons (Fsp3) is 0.403. The number of carbonyl (C=O) groups is 1. The fourth-order valence-electron chi connectivity index (χ4n) is 9.57. The van der Waals surface area contributed by atoms with Crippen LogP contribution in [0, 0.1) is 0 Å². The van der Waals surface area contributed by atoms with Crippen LogP contribution in [0.5, 0.6) is 23.0 Å². The van der Waals surface area contributed by atoms with Crippen molar-refractivity contribution in [1.82, 2.24) is 20.0 Å². The van der Waals surface area contributed by atoms with Crippen molar-refractivity contribution in [3.63, 3.8) is 0 Å². The van der Waals surface area contributed by atoms with E-state index >= 15 is 0 Å². The van der Waals surface area contributed by atoms with Crippen molar-refractivity contribution in [3.05, 3.63) is 192 Å². The number of benzene rings is 6. The van der Waals surface area contributed by atoms with Gasteiger partial charge in [-0.2, -0.15) is 0 Å². The summed E-state index contributed by atoms with van der Waals surface area (Å²) in [6.45, 7) is 10.3. The number of rotatable bonds is 24. The lowest BCUT2D eigenvalue weighted by molar-refractivity contribution is -0.135. The molecule has 2 heterocycles. The van der Waals surface area contributed by atoms with Crippen LogP contribution in [0.2, 0.25) is 0 Å². The minimum atomic E-state index is 0.299. The van der Waals surface area contributed by atoms with E-state index < -0.39 is 0 Å². The molecule has 1 N–H and O–H groups in total. The summed E-state index contributed by atoms with van der Waals surface area (Å²) >= 11 is 0. The average Bonchev–Trinajstić information content (AvgIpc) is 3.40. The SMILES string of the molecule is CCCCCCCCCCCC(=O)N(Cc1ccc(Oc2ccccc2)cc1)C1CCN(Cc2ccccc2)CC1.c1ccc(CN2CCC(NCc3ccc(Oc4ccccc4)cc3)CC2)cc1. The normalized spacial score (nSPS) is 14.7. The number of unbranched alkanes of at least 4 members (excludes halogenated alkanes) is 8. The van der Waals surface area contributed by atoms with Gasteiger partial charge in [-0.1, -0.05) is 180 Å². The second-order valence-electron chi connectivity index (χ2n) is 19.1. The Kier molecular flexibility index (Phi) is 21.7. The van der Waals surface area contributed by atoms with Crippen molar-refractivity contribution < 1.29 is 14.3 Å². The lowest BCUT2D eigenvalue weighted by Gasteiger charge is -2.39. The van der Waals surface area contributed by atoms with E-state index in [-0.39, 0.29) is 0 Å². The zero-order valence-electron chi connectivity index (χ0n) is 41.4. The molecule has 69 heavy (non-hydrogen) atoms. The second-order valence-corrected chi connectivity index (χ2v) is 19.1. The molecule has 0 radical (unpaired) electrons. The average molecular weight is 927 g/mol. The van der Waals surface area contributed by atoms with Gasteiger partial charge in [-0.15, -0.1) is 0 Å². The summed E-state index contributed by atoms with van der Waals surface area (Å²) in [6.07, 6.45) is 16.6. The largest absolute Gasteiger partial charge is 0.457 e. The van der Waals surface area contributed by atoms with E-state index in [1.807, 2.05) is 84.9 Å². The first kappa shape index (κ1) is 51.1. The number of hydrogen-bond acceptors (Lipinski definition) is 6. The predicted molar refractivity (Wildman–Crippen MR) is 285 cm³/mol. The van der Waals surface area contributed by atoms with Gasteiger partial charge >= 0.3 is 0 Å². The molecule has 0 unspecified atom stereocenters.